The van der Waals surface area contributed by atoms with Crippen LogP contribution in [0, 0.1) is 12.7 Å². The maximum atomic E-state index is 14.0. The van der Waals surface area contributed by atoms with Crippen LogP contribution in [0.25, 0.3) is 11.1 Å². The number of nitrogens with zero attached hydrogens (tertiary/aromatic N) is 1. The molecule has 0 unspecified atom stereocenters. The van der Waals surface area contributed by atoms with Gasteiger partial charge in [-0.05, 0) is 24.6 Å². The summed E-state index contributed by atoms with van der Waals surface area (Å²) in [5, 5.41) is 0. The summed E-state index contributed by atoms with van der Waals surface area (Å²) in [5.74, 6) is -0.822. The molecule has 19 heavy (non-hydrogen) atoms. The molecule has 0 atom stereocenters. The minimum atomic E-state index is -0.580. The average molecular weight is 260 g/mol. The maximum Gasteiger partial charge on any atom is 0.338 e. The highest BCUT2D eigenvalue weighted by atomic mass is 19.1. The molecule has 2 N–H and O–H groups in total. The first-order valence-electron chi connectivity index (χ1n) is 5.63. The van der Waals surface area contributed by atoms with E-state index in [0.717, 1.165) is 5.56 Å². The molecule has 5 heteroatoms. The van der Waals surface area contributed by atoms with Crippen LogP contribution >= 0.6 is 0 Å². The lowest BCUT2D eigenvalue weighted by atomic mass is 10.00. The summed E-state index contributed by atoms with van der Waals surface area (Å²) in [6, 6.07) is 6.13. The van der Waals surface area contributed by atoms with Crippen LogP contribution in [0.2, 0.25) is 0 Å². The number of aromatic nitrogens is 1. The van der Waals surface area contributed by atoms with Gasteiger partial charge in [0.05, 0.1) is 12.7 Å². The third-order valence-electron chi connectivity index (χ3n) is 2.75. The number of benzene rings is 1. The largest absolute Gasteiger partial charge is 0.465 e. The molecule has 0 fully saturated rings. The highest BCUT2D eigenvalue weighted by Gasteiger charge is 2.17. The molecule has 1 aromatic heterocycles. The summed E-state index contributed by atoms with van der Waals surface area (Å²) in [4.78, 5) is 15.6. The second-order valence-electron chi connectivity index (χ2n) is 4.13. The molecular weight excluding hydrogens is 247 g/mol. The quantitative estimate of drug-likeness (QED) is 0.843. The van der Waals surface area contributed by atoms with Crippen molar-refractivity contribution >= 4 is 11.8 Å². The normalized spacial score (nSPS) is 10.3. The second kappa shape index (κ2) is 5.06. The monoisotopic (exact) mass is 260 g/mol. The zero-order valence-electron chi connectivity index (χ0n) is 10.6. The van der Waals surface area contributed by atoms with E-state index in [1.54, 1.807) is 19.1 Å². The first-order chi connectivity index (χ1) is 9.02. The molecule has 0 radical (unpaired) electrons. The number of carbonyl (C=O) groups is 1. The number of nitrogens with two attached hydrogens (primary N) is 1. The summed E-state index contributed by atoms with van der Waals surface area (Å²) in [5.41, 5.74) is 7.19. The molecule has 2 aromatic rings. The topological polar surface area (TPSA) is 65.2 Å². The summed E-state index contributed by atoms with van der Waals surface area (Å²) in [6.07, 6.45) is 1.37. The zero-order chi connectivity index (χ0) is 14.0. The van der Waals surface area contributed by atoms with Crippen LogP contribution in [-0.4, -0.2) is 18.1 Å². The Morgan fingerprint density at radius 2 is 2.05 bits per heavy atom. The molecule has 2 rings (SSSR count). The van der Waals surface area contributed by atoms with Gasteiger partial charge in [-0.1, -0.05) is 12.1 Å². The van der Waals surface area contributed by atoms with Crippen LogP contribution in [0.1, 0.15) is 15.9 Å². The fraction of sp³-hybridized carbons (Fsp3) is 0.143. The second-order valence-corrected chi connectivity index (χ2v) is 4.13. The molecule has 98 valence electrons. The summed E-state index contributed by atoms with van der Waals surface area (Å²) >= 11 is 0. The Labute approximate surface area is 110 Å². The van der Waals surface area contributed by atoms with E-state index in [4.69, 9.17) is 5.73 Å². The number of aryl methyl sites for hydroxylation is 1. The third-order valence-corrected chi connectivity index (χ3v) is 2.75. The number of nitrogen functional groups attached to an aromatic ring is 1. The first kappa shape index (κ1) is 13.0. The standard InChI is InChI=1S/C14H13FN2O2/c1-8-3-4-9(12(15)5-8)11-7-17-13(16)6-10(11)14(18)19-2/h3-7H,1-2H3,(H2,16,17). The van der Waals surface area contributed by atoms with Crippen molar-refractivity contribution in [1.29, 1.82) is 0 Å². The van der Waals surface area contributed by atoms with E-state index in [1.165, 1.54) is 25.4 Å². The SMILES string of the molecule is COC(=O)c1cc(N)ncc1-c1ccc(C)cc1F. The van der Waals surface area contributed by atoms with Crippen molar-refractivity contribution in [2.45, 2.75) is 6.92 Å². The van der Waals surface area contributed by atoms with Gasteiger partial charge in [-0.2, -0.15) is 0 Å². The molecule has 1 aromatic carbocycles. The molecule has 0 aliphatic rings. The van der Waals surface area contributed by atoms with E-state index < -0.39 is 11.8 Å². The van der Waals surface area contributed by atoms with Crippen LogP contribution in [0.3, 0.4) is 0 Å². The number of esters is 1. The zero-order valence-corrected chi connectivity index (χ0v) is 10.6. The van der Waals surface area contributed by atoms with Gasteiger partial charge in [-0.3, -0.25) is 0 Å². The van der Waals surface area contributed by atoms with Gasteiger partial charge >= 0.3 is 5.97 Å². The summed E-state index contributed by atoms with van der Waals surface area (Å²) < 4.78 is 18.6. The number of hydrogen-bond donors (Lipinski definition) is 1. The van der Waals surface area contributed by atoms with Crippen molar-refractivity contribution in [3.05, 3.63) is 47.4 Å². The Bertz CT molecular complexity index is 641. The van der Waals surface area contributed by atoms with Crippen molar-refractivity contribution in [2.24, 2.45) is 0 Å². The van der Waals surface area contributed by atoms with Crippen molar-refractivity contribution in [3.8, 4) is 11.1 Å². The third kappa shape index (κ3) is 2.54. The van der Waals surface area contributed by atoms with Gasteiger partial charge in [0.15, 0.2) is 0 Å². The number of ether oxygens (including phenoxy) is 1. The van der Waals surface area contributed by atoms with Crippen LogP contribution in [0.15, 0.2) is 30.5 Å². The van der Waals surface area contributed by atoms with Gasteiger partial charge in [-0.25, -0.2) is 14.2 Å². The van der Waals surface area contributed by atoms with Crippen molar-refractivity contribution in [1.82, 2.24) is 4.98 Å². The van der Waals surface area contributed by atoms with E-state index in [2.05, 4.69) is 9.72 Å². The van der Waals surface area contributed by atoms with Gasteiger partial charge < -0.3 is 10.5 Å². The minimum Gasteiger partial charge on any atom is -0.465 e. The number of halogens is 1. The van der Waals surface area contributed by atoms with Gasteiger partial charge in [0.2, 0.25) is 0 Å². The molecule has 4 nitrogen and oxygen atoms in total. The Morgan fingerprint density at radius 3 is 2.68 bits per heavy atom. The van der Waals surface area contributed by atoms with Crippen molar-refractivity contribution < 1.29 is 13.9 Å². The molecule has 0 spiro atoms. The molecule has 0 aliphatic carbocycles. The van der Waals surface area contributed by atoms with Gasteiger partial charge in [0.25, 0.3) is 0 Å². The van der Waals surface area contributed by atoms with E-state index in [-0.39, 0.29) is 11.4 Å². The van der Waals surface area contributed by atoms with Crippen molar-refractivity contribution in [2.75, 3.05) is 12.8 Å². The van der Waals surface area contributed by atoms with Crippen LogP contribution in [0.5, 0.6) is 0 Å². The molecule has 0 saturated carbocycles. The van der Waals surface area contributed by atoms with Gasteiger partial charge in [-0.15, -0.1) is 0 Å². The highest BCUT2D eigenvalue weighted by molar-refractivity contribution is 5.97. The highest BCUT2D eigenvalue weighted by Crippen LogP contribution is 2.27. The van der Waals surface area contributed by atoms with E-state index >= 15 is 0 Å². The summed E-state index contributed by atoms with van der Waals surface area (Å²) in [7, 11) is 1.26. The Hall–Kier alpha value is -2.43. The number of hydrogen-bond acceptors (Lipinski definition) is 4. The Morgan fingerprint density at radius 1 is 1.32 bits per heavy atom. The molecule has 0 saturated heterocycles. The van der Waals surface area contributed by atoms with Gasteiger partial charge in [0.1, 0.15) is 11.6 Å². The minimum absolute atomic E-state index is 0.177. The van der Waals surface area contributed by atoms with Gasteiger partial charge in [0, 0.05) is 17.3 Å². The molecule has 0 aliphatic heterocycles. The number of pyridine rings is 1. The average Bonchev–Trinajstić information content (AvgIpc) is 2.38. The van der Waals surface area contributed by atoms with E-state index in [1.807, 2.05) is 0 Å². The van der Waals surface area contributed by atoms with E-state index in [9.17, 15) is 9.18 Å². The summed E-state index contributed by atoms with van der Waals surface area (Å²) in [6.45, 7) is 1.79. The van der Waals surface area contributed by atoms with Crippen LogP contribution in [-0.2, 0) is 4.74 Å². The lowest BCUT2D eigenvalue weighted by Crippen LogP contribution is -2.06. The lowest BCUT2D eigenvalue weighted by molar-refractivity contribution is 0.0601. The number of rotatable bonds is 2. The predicted octanol–water partition coefficient (Wildman–Crippen LogP) is 2.56. The van der Waals surface area contributed by atoms with Crippen LogP contribution < -0.4 is 5.73 Å². The number of carbonyl (C=O) groups excluding carboxylic acids is 1. The number of methoxy groups -OCH3 is 1. The van der Waals surface area contributed by atoms with Crippen molar-refractivity contribution in [3.63, 3.8) is 0 Å². The number of anilines is 1. The molecule has 0 amide bonds. The molecular formula is C14H13FN2O2. The maximum absolute atomic E-state index is 14.0. The fourth-order valence-corrected chi connectivity index (χ4v) is 1.80. The Kier molecular flexibility index (Phi) is 3.46. The molecule has 0 bridgehead atoms. The Balaban J connectivity index is 2.64. The predicted molar refractivity (Wildman–Crippen MR) is 70.1 cm³/mol. The smallest absolute Gasteiger partial charge is 0.338 e. The molecule has 1 heterocycles. The van der Waals surface area contributed by atoms with E-state index in [0.29, 0.717) is 11.1 Å². The first-order valence-corrected chi connectivity index (χ1v) is 5.63. The van der Waals surface area contributed by atoms with Crippen LogP contribution in [0.4, 0.5) is 10.2 Å². The fourth-order valence-electron chi connectivity index (χ4n) is 1.80. The lowest BCUT2D eigenvalue weighted by Gasteiger charge is -2.09.